The van der Waals surface area contributed by atoms with Crippen LogP contribution in [0.3, 0.4) is 0 Å². The number of benzene rings is 1. The van der Waals surface area contributed by atoms with Gasteiger partial charge < -0.3 is 74.3 Å². The molecule has 0 spiro atoms. The first kappa shape index (κ1) is 53.6. The average molecular weight is 898 g/mol. The molecule has 364 valence electrons. The van der Waals surface area contributed by atoms with E-state index in [1.54, 1.807) is 48.8 Å². The largest absolute Gasteiger partial charge is 0.483 e. The van der Waals surface area contributed by atoms with Crippen molar-refractivity contribution in [2.45, 2.75) is 191 Å². The zero-order chi connectivity index (χ0) is 46.9. The van der Waals surface area contributed by atoms with Gasteiger partial charge in [-0.3, -0.25) is 4.79 Å². The lowest BCUT2D eigenvalue weighted by Gasteiger charge is -2.53. The summed E-state index contributed by atoms with van der Waals surface area (Å²) in [5.74, 6) is -2.03. The molecule has 3 fully saturated rings. The summed E-state index contributed by atoms with van der Waals surface area (Å²) in [5.41, 5.74) is -6.04. The first-order valence-electron chi connectivity index (χ1n) is 23.1. The number of nitrogens with one attached hydrogen (secondary N) is 3. The number of para-hydroxylation sites is 1. The Hall–Kier alpha value is -2.03. The van der Waals surface area contributed by atoms with Crippen molar-refractivity contribution in [1.29, 1.82) is 0 Å². The van der Waals surface area contributed by atoms with E-state index < -0.39 is 95.5 Å². The smallest absolute Gasteiger partial charge is 0.311 e. The second-order valence-electron chi connectivity index (χ2n) is 19.3. The third kappa shape index (κ3) is 12.9. The molecule has 0 unspecified atom stereocenters. The van der Waals surface area contributed by atoms with Gasteiger partial charge in [0.25, 0.3) is 0 Å². The fourth-order valence-electron chi connectivity index (χ4n) is 9.95. The highest BCUT2D eigenvalue weighted by Gasteiger charge is 2.58. The molecule has 3 saturated heterocycles. The minimum Gasteiger partial charge on any atom is -0.483 e. The van der Waals surface area contributed by atoms with Crippen LogP contribution in [0.25, 0.3) is 0 Å². The molecule has 18 atom stereocenters. The third-order valence-corrected chi connectivity index (χ3v) is 14.0. The number of ether oxygens (including phenoxy) is 8. The zero-order valence-electron chi connectivity index (χ0n) is 40.3. The SMILES string of the molecule is CC[C@H]1OC(=O)[C@H](C)[C@@H](O[C@H]2C[C@@](C)(OC)[C@](O)(CNCCCOC)[C@H](C)O2)[C@H](C)[C@@H](O[C@@H]2O[C@H](C)C[C@H](NC)[C@H]2Oc2ccccc2)[C@](C)(O)C[C@@H](C)CN[C@H](C)[C@@H](O)[C@]1(C)O. The van der Waals surface area contributed by atoms with Crippen molar-refractivity contribution < 1.29 is 63.1 Å². The Morgan fingerprint density at radius 2 is 1.62 bits per heavy atom. The molecular weight excluding hydrogens is 815 g/mol. The number of likely N-dealkylation sites (N-methyl/N-ethyl adjacent to an activating group) is 1. The van der Waals surface area contributed by atoms with Crippen molar-refractivity contribution in [2.75, 3.05) is 47.5 Å². The van der Waals surface area contributed by atoms with Gasteiger partial charge in [-0.25, -0.2) is 0 Å². The fourth-order valence-corrected chi connectivity index (χ4v) is 9.95. The van der Waals surface area contributed by atoms with Gasteiger partial charge in [-0.2, -0.15) is 0 Å². The standard InChI is InChI=1S/C47H83N3O13/c1-14-36-46(10,54)40(51)32(6)50-26-28(2)24-44(8,53)41(63-43-39(35(48-11)23-29(3)58-43)60-34-19-16-15-17-20-34)30(4)38(31(5)42(52)61-36)62-37-25-45(9,57-13)47(55,33(7)59-37)27-49-21-18-22-56-12/h15-17,19-20,28-33,35-41,43,48-51,53-55H,14,18,21-27H2,1-13H3/t28-,29-,30+,31-,32-,33+,35+,36-,37+,38+,39-,40-,41-,43+,44-,45-,46-,47+/m1/s1. The molecule has 1 aromatic carbocycles. The minimum atomic E-state index is -1.82. The summed E-state index contributed by atoms with van der Waals surface area (Å²) >= 11 is 0. The van der Waals surface area contributed by atoms with Crippen LogP contribution >= 0.6 is 0 Å². The Bertz CT molecular complexity index is 1530. The summed E-state index contributed by atoms with van der Waals surface area (Å²) in [7, 11) is 5.05. The van der Waals surface area contributed by atoms with Crippen LogP contribution < -0.4 is 20.7 Å². The van der Waals surface area contributed by atoms with E-state index in [0.717, 1.165) is 6.42 Å². The number of hydrogen-bond donors (Lipinski definition) is 7. The second kappa shape index (κ2) is 23.1. The summed E-state index contributed by atoms with van der Waals surface area (Å²) < 4.78 is 51.1. The van der Waals surface area contributed by atoms with E-state index in [4.69, 9.17) is 37.9 Å². The topological polar surface area (TPSA) is 208 Å². The number of carbonyl (C=O) groups is 1. The molecule has 3 heterocycles. The number of carbonyl (C=O) groups excluding carboxylic acids is 1. The molecule has 16 nitrogen and oxygen atoms in total. The number of aliphatic hydroxyl groups is 4. The maximum Gasteiger partial charge on any atom is 0.311 e. The molecule has 7 N–H and O–H groups in total. The van der Waals surface area contributed by atoms with Crippen LogP contribution in [0.2, 0.25) is 0 Å². The van der Waals surface area contributed by atoms with Gasteiger partial charge in [0.05, 0.1) is 42.0 Å². The number of cyclic esters (lactones) is 1. The highest BCUT2D eigenvalue weighted by Crippen LogP contribution is 2.43. The number of esters is 1. The average Bonchev–Trinajstić information content (AvgIpc) is 3.24. The van der Waals surface area contributed by atoms with Gasteiger partial charge in [-0.1, -0.05) is 39.0 Å². The zero-order valence-corrected chi connectivity index (χ0v) is 40.3. The molecule has 16 heteroatoms. The summed E-state index contributed by atoms with van der Waals surface area (Å²) in [6.07, 6.45) is -6.24. The molecule has 0 saturated carbocycles. The Labute approximate surface area is 376 Å². The highest BCUT2D eigenvalue weighted by molar-refractivity contribution is 5.73. The van der Waals surface area contributed by atoms with Gasteiger partial charge in [-0.15, -0.1) is 0 Å². The molecule has 0 aliphatic carbocycles. The van der Waals surface area contributed by atoms with Crippen LogP contribution in [-0.4, -0.2) is 164 Å². The molecule has 0 radical (unpaired) electrons. The third-order valence-electron chi connectivity index (χ3n) is 14.0. The normalized spacial score (nSPS) is 43.7. The van der Waals surface area contributed by atoms with Gasteiger partial charge >= 0.3 is 5.97 Å². The van der Waals surface area contributed by atoms with E-state index >= 15 is 0 Å². The predicted octanol–water partition coefficient (Wildman–Crippen LogP) is 3.30. The number of methoxy groups -OCH3 is 2. The van der Waals surface area contributed by atoms with Crippen LogP contribution in [0, 0.1) is 17.8 Å². The maximum atomic E-state index is 14.5. The monoisotopic (exact) mass is 898 g/mol. The van der Waals surface area contributed by atoms with E-state index in [1.807, 2.05) is 65.1 Å². The highest BCUT2D eigenvalue weighted by atomic mass is 16.7. The lowest BCUT2D eigenvalue weighted by Crippen LogP contribution is -2.70. The van der Waals surface area contributed by atoms with Crippen molar-refractivity contribution >= 4 is 5.97 Å². The predicted molar refractivity (Wildman–Crippen MR) is 238 cm³/mol. The second-order valence-corrected chi connectivity index (χ2v) is 19.3. The molecule has 1 aromatic rings. The van der Waals surface area contributed by atoms with Crippen molar-refractivity contribution in [3.8, 4) is 5.75 Å². The molecular formula is C47H83N3O13. The number of rotatable bonds is 15. The summed E-state index contributed by atoms with van der Waals surface area (Å²) in [5, 5.41) is 58.4. The minimum absolute atomic E-state index is 0.0795. The van der Waals surface area contributed by atoms with E-state index in [9.17, 15) is 25.2 Å². The Morgan fingerprint density at radius 1 is 0.937 bits per heavy atom. The number of aliphatic hydroxyl groups excluding tert-OH is 1. The van der Waals surface area contributed by atoms with Crippen molar-refractivity contribution in [2.24, 2.45) is 17.8 Å². The lowest BCUT2D eigenvalue weighted by molar-refractivity contribution is -0.335. The summed E-state index contributed by atoms with van der Waals surface area (Å²) in [6, 6.07) is 8.64. The molecule has 4 rings (SSSR count). The lowest BCUT2D eigenvalue weighted by atomic mass is 9.75. The quantitative estimate of drug-likeness (QED) is 0.0996. The molecule has 3 aliphatic heterocycles. The Balaban J connectivity index is 1.81. The van der Waals surface area contributed by atoms with Crippen molar-refractivity contribution in [3.63, 3.8) is 0 Å². The van der Waals surface area contributed by atoms with Gasteiger partial charge in [0, 0.05) is 45.8 Å². The van der Waals surface area contributed by atoms with Crippen LogP contribution in [0.1, 0.15) is 101 Å². The van der Waals surface area contributed by atoms with Gasteiger partial charge in [-0.05, 0) is 112 Å². The molecule has 63 heavy (non-hydrogen) atoms. The number of hydrogen-bond acceptors (Lipinski definition) is 16. The maximum absolute atomic E-state index is 14.5. The van der Waals surface area contributed by atoms with Crippen LogP contribution in [0.5, 0.6) is 5.75 Å². The Morgan fingerprint density at radius 3 is 2.24 bits per heavy atom. The van der Waals surface area contributed by atoms with Crippen molar-refractivity contribution in [3.05, 3.63) is 30.3 Å². The van der Waals surface area contributed by atoms with Crippen LogP contribution in [0.15, 0.2) is 30.3 Å². The van der Waals surface area contributed by atoms with Gasteiger partial charge in [0.1, 0.15) is 34.8 Å². The summed E-state index contributed by atoms with van der Waals surface area (Å²) in [6.45, 7) is 19.5. The van der Waals surface area contributed by atoms with E-state index in [0.29, 0.717) is 31.9 Å². The van der Waals surface area contributed by atoms with E-state index in [1.165, 1.54) is 6.92 Å². The first-order valence-corrected chi connectivity index (χ1v) is 23.1. The molecule has 0 bridgehead atoms. The van der Waals surface area contributed by atoms with E-state index in [2.05, 4.69) is 16.0 Å². The van der Waals surface area contributed by atoms with Gasteiger partial charge in [0.15, 0.2) is 18.7 Å². The van der Waals surface area contributed by atoms with Crippen LogP contribution in [-0.2, 0) is 38.0 Å². The first-order chi connectivity index (χ1) is 29.6. The fraction of sp³-hybridized carbons (Fsp3) is 0.851. The van der Waals surface area contributed by atoms with Crippen LogP contribution in [0.4, 0.5) is 0 Å². The van der Waals surface area contributed by atoms with E-state index in [-0.39, 0.29) is 43.9 Å². The molecule has 3 aliphatic rings. The molecule has 0 aromatic heterocycles. The summed E-state index contributed by atoms with van der Waals surface area (Å²) in [4.78, 5) is 14.5. The van der Waals surface area contributed by atoms with Crippen molar-refractivity contribution in [1.82, 2.24) is 16.0 Å². The molecule has 0 amide bonds. The Kier molecular flexibility index (Phi) is 19.7. The van der Waals surface area contributed by atoms with Gasteiger partial charge in [0.2, 0.25) is 0 Å².